The standard InChI is InChI=1S/C26H43N3O2/c1-26(13-4-14-26)25(31)29-17-15-28(16-18-29)24(30)21-9-7-20(8-10-21)23-12-11-19-5-2-3-6-22(19)27-23/h19-23,27H,2-18H2,1H3. The number of carbonyl (C=O) groups excluding carboxylic acids is 2. The molecule has 0 radical (unpaired) electrons. The maximum absolute atomic E-state index is 13.2. The lowest BCUT2D eigenvalue weighted by atomic mass is 9.69. The summed E-state index contributed by atoms with van der Waals surface area (Å²) in [6, 6.07) is 1.46. The SMILES string of the molecule is CC1(C(=O)N2CCN(C(=O)C3CCC(C4CCC5CCCCC5N4)CC3)CC2)CCC1. The lowest BCUT2D eigenvalue weighted by Gasteiger charge is -2.45. The molecule has 0 bridgehead atoms. The molecule has 5 rings (SSSR count). The van der Waals surface area contributed by atoms with Gasteiger partial charge in [0.1, 0.15) is 0 Å². The van der Waals surface area contributed by atoms with E-state index < -0.39 is 0 Å². The van der Waals surface area contributed by atoms with Crippen LogP contribution in [0, 0.1) is 23.2 Å². The minimum atomic E-state index is -0.116. The number of carbonyl (C=O) groups is 2. The van der Waals surface area contributed by atoms with E-state index in [2.05, 4.69) is 17.1 Å². The van der Waals surface area contributed by atoms with Crippen molar-refractivity contribution in [1.29, 1.82) is 0 Å². The van der Waals surface area contributed by atoms with Gasteiger partial charge in [-0.1, -0.05) is 26.2 Å². The number of piperidine rings is 1. The van der Waals surface area contributed by atoms with Gasteiger partial charge in [-0.15, -0.1) is 0 Å². The van der Waals surface area contributed by atoms with Crippen molar-refractivity contribution in [3.05, 3.63) is 0 Å². The summed E-state index contributed by atoms with van der Waals surface area (Å²) in [5.41, 5.74) is -0.116. The average Bonchev–Trinajstić information content (AvgIpc) is 2.81. The first-order chi connectivity index (χ1) is 15.0. The van der Waals surface area contributed by atoms with E-state index in [9.17, 15) is 9.59 Å². The van der Waals surface area contributed by atoms with Crippen LogP contribution < -0.4 is 5.32 Å². The molecule has 3 saturated carbocycles. The van der Waals surface area contributed by atoms with Crippen LogP contribution in [0.2, 0.25) is 0 Å². The lowest BCUT2D eigenvalue weighted by Crippen LogP contribution is -2.56. The number of hydrogen-bond donors (Lipinski definition) is 1. The third kappa shape index (κ3) is 4.41. The Balaban J connectivity index is 1.06. The monoisotopic (exact) mass is 429 g/mol. The highest BCUT2D eigenvalue weighted by Gasteiger charge is 2.43. The average molecular weight is 430 g/mol. The van der Waals surface area contributed by atoms with Gasteiger partial charge in [0.05, 0.1) is 0 Å². The Bertz CT molecular complexity index is 660. The summed E-state index contributed by atoms with van der Waals surface area (Å²) >= 11 is 0. The van der Waals surface area contributed by atoms with E-state index in [1.54, 1.807) is 0 Å². The van der Waals surface area contributed by atoms with Gasteiger partial charge in [-0.25, -0.2) is 0 Å². The van der Waals surface area contributed by atoms with Gasteiger partial charge in [0.2, 0.25) is 11.8 Å². The third-order valence-corrected chi connectivity index (χ3v) is 9.73. The third-order valence-electron chi connectivity index (χ3n) is 9.73. The second-order valence-corrected chi connectivity index (χ2v) is 11.6. The molecule has 5 aliphatic rings. The molecule has 1 N–H and O–H groups in total. The van der Waals surface area contributed by atoms with Gasteiger partial charge in [-0.3, -0.25) is 9.59 Å². The molecule has 0 aromatic heterocycles. The first-order valence-electron chi connectivity index (χ1n) is 13.4. The quantitative estimate of drug-likeness (QED) is 0.739. The molecule has 5 nitrogen and oxygen atoms in total. The van der Waals surface area contributed by atoms with Crippen molar-refractivity contribution in [2.24, 2.45) is 23.2 Å². The van der Waals surface area contributed by atoms with Crippen LogP contribution in [0.4, 0.5) is 0 Å². The Morgan fingerprint density at radius 1 is 0.710 bits per heavy atom. The first-order valence-corrected chi connectivity index (χ1v) is 13.4. The number of nitrogens with zero attached hydrogens (tertiary/aromatic N) is 2. The molecule has 3 aliphatic carbocycles. The van der Waals surface area contributed by atoms with Crippen molar-refractivity contribution in [3.63, 3.8) is 0 Å². The molecule has 3 unspecified atom stereocenters. The summed E-state index contributed by atoms with van der Waals surface area (Å²) in [7, 11) is 0. The van der Waals surface area contributed by atoms with Crippen LogP contribution in [0.3, 0.4) is 0 Å². The van der Waals surface area contributed by atoms with Crippen molar-refractivity contribution < 1.29 is 9.59 Å². The summed E-state index contributed by atoms with van der Waals surface area (Å²) < 4.78 is 0. The molecule has 5 fully saturated rings. The largest absolute Gasteiger partial charge is 0.339 e. The van der Waals surface area contributed by atoms with Crippen LogP contribution in [0.15, 0.2) is 0 Å². The van der Waals surface area contributed by atoms with E-state index in [0.717, 1.165) is 69.7 Å². The number of amides is 2. The van der Waals surface area contributed by atoms with Crippen LogP contribution in [-0.4, -0.2) is 59.9 Å². The summed E-state index contributed by atoms with van der Waals surface area (Å²) in [6.45, 7) is 5.03. The Hall–Kier alpha value is -1.10. The van der Waals surface area contributed by atoms with E-state index in [0.29, 0.717) is 17.9 Å². The molecule has 3 atom stereocenters. The highest BCUT2D eigenvalue weighted by atomic mass is 16.2. The fraction of sp³-hybridized carbons (Fsp3) is 0.923. The summed E-state index contributed by atoms with van der Waals surface area (Å²) in [5, 5.41) is 4.04. The number of piperazine rings is 1. The first kappa shape index (κ1) is 21.7. The minimum absolute atomic E-state index is 0.116. The van der Waals surface area contributed by atoms with Crippen molar-refractivity contribution in [1.82, 2.24) is 15.1 Å². The number of hydrogen-bond acceptors (Lipinski definition) is 3. The van der Waals surface area contributed by atoms with E-state index in [1.807, 2.05) is 4.90 Å². The van der Waals surface area contributed by atoms with Crippen LogP contribution >= 0.6 is 0 Å². The summed E-state index contributed by atoms with van der Waals surface area (Å²) in [4.78, 5) is 30.0. The van der Waals surface area contributed by atoms with Gasteiger partial charge in [0, 0.05) is 49.6 Å². The molecular weight excluding hydrogens is 386 g/mol. The predicted octanol–water partition coefficient (Wildman–Crippen LogP) is 3.96. The highest BCUT2D eigenvalue weighted by Crippen LogP contribution is 2.42. The Morgan fingerprint density at radius 3 is 1.97 bits per heavy atom. The van der Waals surface area contributed by atoms with Gasteiger partial charge >= 0.3 is 0 Å². The molecule has 174 valence electrons. The topological polar surface area (TPSA) is 52.7 Å². The fourth-order valence-electron chi connectivity index (χ4n) is 7.36. The highest BCUT2D eigenvalue weighted by molar-refractivity contribution is 5.84. The zero-order valence-corrected chi connectivity index (χ0v) is 19.6. The van der Waals surface area contributed by atoms with Crippen molar-refractivity contribution in [2.75, 3.05) is 26.2 Å². The molecular formula is C26H43N3O2. The van der Waals surface area contributed by atoms with Gasteiger partial charge in [-0.2, -0.15) is 0 Å². The lowest BCUT2D eigenvalue weighted by molar-refractivity contribution is -0.151. The normalized spacial score (nSPS) is 38.2. The van der Waals surface area contributed by atoms with Crippen LogP contribution in [0.1, 0.15) is 90.4 Å². The molecule has 5 heteroatoms. The second kappa shape index (κ2) is 9.03. The molecule has 2 amide bonds. The van der Waals surface area contributed by atoms with Crippen LogP contribution in [0.25, 0.3) is 0 Å². The number of nitrogens with one attached hydrogen (secondary N) is 1. The Kier molecular flexibility index (Phi) is 6.33. The predicted molar refractivity (Wildman–Crippen MR) is 122 cm³/mol. The minimum Gasteiger partial charge on any atom is -0.339 e. The zero-order chi connectivity index (χ0) is 21.4. The van der Waals surface area contributed by atoms with E-state index in [4.69, 9.17) is 0 Å². The van der Waals surface area contributed by atoms with Crippen LogP contribution in [-0.2, 0) is 9.59 Å². The van der Waals surface area contributed by atoms with Gasteiger partial charge in [-0.05, 0) is 76.0 Å². The maximum atomic E-state index is 13.2. The Morgan fingerprint density at radius 2 is 1.29 bits per heavy atom. The van der Waals surface area contributed by atoms with Gasteiger partial charge < -0.3 is 15.1 Å². The zero-order valence-electron chi connectivity index (χ0n) is 19.6. The molecule has 0 aromatic rings. The van der Waals surface area contributed by atoms with Crippen molar-refractivity contribution >= 4 is 11.8 Å². The second-order valence-electron chi connectivity index (χ2n) is 11.6. The molecule has 0 spiro atoms. The Labute approximate surface area is 188 Å². The van der Waals surface area contributed by atoms with Gasteiger partial charge in [0.25, 0.3) is 0 Å². The molecule has 31 heavy (non-hydrogen) atoms. The molecule has 2 heterocycles. The fourth-order valence-corrected chi connectivity index (χ4v) is 7.36. The van der Waals surface area contributed by atoms with E-state index in [-0.39, 0.29) is 11.3 Å². The maximum Gasteiger partial charge on any atom is 0.228 e. The summed E-state index contributed by atoms with van der Waals surface area (Å²) in [6.07, 6.45) is 16.2. The number of fused-ring (bicyclic) bond motifs is 1. The molecule has 2 saturated heterocycles. The molecule has 0 aromatic carbocycles. The van der Waals surface area contributed by atoms with Crippen molar-refractivity contribution in [3.8, 4) is 0 Å². The summed E-state index contributed by atoms with van der Waals surface area (Å²) in [5.74, 6) is 2.61. The van der Waals surface area contributed by atoms with E-state index in [1.165, 1.54) is 57.8 Å². The van der Waals surface area contributed by atoms with Gasteiger partial charge in [0.15, 0.2) is 0 Å². The number of rotatable bonds is 3. The molecule has 2 aliphatic heterocycles. The smallest absolute Gasteiger partial charge is 0.228 e. The van der Waals surface area contributed by atoms with Crippen LogP contribution in [0.5, 0.6) is 0 Å². The van der Waals surface area contributed by atoms with Crippen molar-refractivity contribution in [2.45, 2.75) is 102 Å². The van der Waals surface area contributed by atoms with E-state index >= 15 is 0 Å².